The molecule has 11 rings (SSSR count). The van der Waals surface area contributed by atoms with E-state index in [0.717, 1.165) is 70.7 Å². The van der Waals surface area contributed by atoms with Gasteiger partial charge in [-0.1, -0.05) is 13.8 Å². The molecule has 3 aliphatic heterocycles. The van der Waals surface area contributed by atoms with Crippen LogP contribution in [0.3, 0.4) is 0 Å². The summed E-state index contributed by atoms with van der Waals surface area (Å²) in [4.78, 5) is 45.0. The Kier molecular flexibility index (Phi) is 9.27. The highest BCUT2D eigenvalue weighted by Crippen LogP contribution is 2.58. The number of fused-ring (bicyclic) bond motifs is 7. The van der Waals surface area contributed by atoms with Gasteiger partial charge >= 0.3 is 12.2 Å². The van der Waals surface area contributed by atoms with Crippen LogP contribution in [0, 0.1) is 23.6 Å². The Labute approximate surface area is 376 Å². The molecule has 2 aromatic carbocycles. The summed E-state index contributed by atoms with van der Waals surface area (Å²) >= 11 is 1.70. The number of carbonyl (C=O) groups is 2. The maximum Gasteiger partial charge on any atom is 0.411 e. The topological polar surface area (TPSA) is 122 Å². The molecule has 12 nitrogen and oxygen atoms in total. The van der Waals surface area contributed by atoms with Crippen molar-refractivity contribution in [2.45, 2.75) is 129 Å². The molecule has 0 spiro atoms. The number of benzene rings is 2. The number of rotatable bonds is 6. The minimum absolute atomic E-state index is 0.116. The number of aromatic amines is 2. The van der Waals surface area contributed by atoms with E-state index in [1.165, 1.54) is 4.88 Å². The number of carbonyl (C=O) groups excluding carboxylic acids is 2. The maximum absolute atomic E-state index is 16.9. The van der Waals surface area contributed by atoms with Gasteiger partial charge in [-0.25, -0.2) is 28.5 Å². The van der Waals surface area contributed by atoms with E-state index in [1.807, 2.05) is 64.5 Å². The van der Waals surface area contributed by atoms with E-state index in [4.69, 9.17) is 19.2 Å². The molecule has 2 aliphatic carbocycles. The zero-order valence-electron chi connectivity index (χ0n) is 38.0. The summed E-state index contributed by atoms with van der Waals surface area (Å²) in [5.41, 5.74) is 4.03. The van der Waals surface area contributed by atoms with Gasteiger partial charge < -0.3 is 19.2 Å². The lowest BCUT2D eigenvalue weighted by molar-refractivity contribution is -0.680. The number of piperidine rings is 1. The lowest BCUT2D eigenvalue weighted by Gasteiger charge is -2.37. The monoisotopic (exact) mass is 886 g/mol. The molecule has 0 bridgehead atoms. The molecule has 2 saturated heterocycles. The summed E-state index contributed by atoms with van der Waals surface area (Å²) < 4.78 is 39.7. The quantitative estimate of drug-likeness (QED) is 0.161. The van der Waals surface area contributed by atoms with E-state index < -0.39 is 23.2 Å². The highest BCUT2D eigenvalue weighted by molar-refractivity contribution is 7.12. The number of imidazole rings is 2. The number of hydrogen-bond acceptors (Lipinski definition) is 7. The summed E-state index contributed by atoms with van der Waals surface area (Å²) in [6.45, 7) is 15.7. The summed E-state index contributed by atoms with van der Waals surface area (Å²) in [5.74, 6) is 2.96. The van der Waals surface area contributed by atoms with Gasteiger partial charge in [0.2, 0.25) is 6.23 Å². The number of H-pyrrole nitrogens is 2. The zero-order chi connectivity index (χ0) is 44.7. The van der Waals surface area contributed by atoms with E-state index in [1.54, 1.807) is 23.6 Å². The minimum Gasteiger partial charge on any atom is -0.464 e. The van der Waals surface area contributed by atoms with Crippen LogP contribution in [0.5, 0.6) is 5.75 Å². The maximum atomic E-state index is 16.9. The molecule has 64 heavy (non-hydrogen) atoms. The molecular formula is C50H57FN7O5S+. The van der Waals surface area contributed by atoms with Crippen LogP contribution in [0.25, 0.3) is 44.7 Å². The van der Waals surface area contributed by atoms with Crippen molar-refractivity contribution in [3.05, 3.63) is 88.1 Å². The summed E-state index contributed by atoms with van der Waals surface area (Å²) in [7, 11) is 2.03. The van der Waals surface area contributed by atoms with Crippen LogP contribution in [0.4, 0.5) is 14.0 Å². The third-order valence-corrected chi connectivity index (χ3v) is 15.4. The van der Waals surface area contributed by atoms with Crippen molar-refractivity contribution < 1.29 is 32.8 Å². The third kappa shape index (κ3) is 6.72. The average Bonchev–Trinajstić information content (AvgIpc) is 3.96. The molecule has 2 saturated carbocycles. The Morgan fingerprint density at radius 2 is 1.69 bits per heavy atom. The van der Waals surface area contributed by atoms with Crippen LogP contribution in [0.2, 0.25) is 0 Å². The Bertz CT molecular complexity index is 2860. The van der Waals surface area contributed by atoms with Crippen molar-refractivity contribution in [3.8, 4) is 39.5 Å². The van der Waals surface area contributed by atoms with E-state index in [0.29, 0.717) is 46.1 Å². The van der Waals surface area contributed by atoms with Gasteiger partial charge in [0, 0.05) is 33.5 Å². The second-order valence-electron chi connectivity index (χ2n) is 20.7. The van der Waals surface area contributed by atoms with Gasteiger partial charge in [0.05, 0.1) is 46.6 Å². The molecule has 4 fully saturated rings. The van der Waals surface area contributed by atoms with Crippen molar-refractivity contribution in [2.24, 2.45) is 24.8 Å². The highest BCUT2D eigenvalue weighted by Gasteiger charge is 2.62. The molecule has 8 atom stereocenters. The summed E-state index contributed by atoms with van der Waals surface area (Å²) in [6, 6.07) is 16.1. The van der Waals surface area contributed by atoms with Crippen molar-refractivity contribution in [1.29, 1.82) is 0 Å². The normalized spacial score (nSPS) is 25.7. The molecule has 7 heterocycles. The summed E-state index contributed by atoms with van der Waals surface area (Å²) in [5, 5.41) is 0.953. The molecular weight excluding hydrogens is 830 g/mol. The van der Waals surface area contributed by atoms with E-state index in [9.17, 15) is 9.59 Å². The first kappa shape index (κ1) is 41.1. The molecule has 2 amide bonds. The average molecular weight is 887 g/mol. The number of nitrogens with zero attached hydrogens (tertiary/aromatic N) is 5. The van der Waals surface area contributed by atoms with Crippen molar-refractivity contribution in [2.75, 3.05) is 0 Å². The first-order chi connectivity index (χ1) is 30.4. The Morgan fingerprint density at radius 3 is 2.39 bits per heavy atom. The van der Waals surface area contributed by atoms with Crippen molar-refractivity contribution >= 4 is 34.4 Å². The molecule has 334 valence electrons. The fourth-order valence-corrected chi connectivity index (χ4v) is 12.0. The standard InChI is InChI=1S/C50H56FN7O5S/c1-10-30-13-16-41(64-30)46-56-36-14-11-26(34-24-55(9)45(54-34)39-19-27-12-15-35(27)57(39)47(59)62-49(3,4)5)17-29(36)20-37(56)42-32(51)18-28(21-40(42)61-46)33-23-52-44(53-33)38-22-31-25(2)43(31)58(38)48(60)63-50(6,7)8/h11,13-14,16-18,20-21,23-25,27,31,35,38-39,43,46H,10,12,15,19,22H2,1-9H3,(H,52,53)/p+1. The Hall–Kier alpha value is -5.63. The van der Waals surface area contributed by atoms with Crippen LogP contribution < -0.4 is 9.30 Å². The Morgan fingerprint density at radius 1 is 0.922 bits per heavy atom. The SMILES string of the molecule is CCc1ccc(C2Oc3cc(-c4cnc(C5CC6C(C)C6N5C(=O)OC(C)(C)C)[nH]4)cc(F)c3-c3cc4cc(-c5c[n+](C)c(C6CC7CCC7N6C(=O)OC(C)(C)C)[nH]5)ccc4n32)s1. The van der Waals surface area contributed by atoms with Crippen LogP contribution in [0.15, 0.2) is 60.9 Å². The number of thiophene rings is 1. The molecule has 4 aromatic heterocycles. The molecule has 14 heteroatoms. The van der Waals surface area contributed by atoms with E-state index in [-0.39, 0.29) is 36.4 Å². The summed E-state index contributed by atoms with van der Waals surface area (Å²) in [6.07, 6.45) is 7.41. The highest BCUT2D eigenvalue weighted by atomic mass is 32.1. The van der Waals surface area contributed by atoms with Gasteiger partial charge in [0.1, 0.15) is 40.8 Å². The van der Waals surface area contributed by atoms with Crippen LogP contribution in [0.1, 0.15) is 121 Å². The van der Waals surface area contributed by atoms with Gasteiger partial charge in [-0.05, 0) is 140 Å². The van der Waals surface area contributed by atoms with Crippen molar-refractivity contribution in [1.82, 2.24) is 29.3 Å². The molecule has 8 unspecified atom stereocenters. The smallest absolute Gasteiger partial charge is 0.411 e. The number of amides is 2. The predicted octanol–water partition coefficient (Wildman–Crippen LogP) is 11.0. The Balaban J connectivity index is 0.940. The van der Waals surface area contributed by atoms with E-state index in [2.05, 4.69) is 75.5 Å². The van der Waals surface area contributed by atoms with Gasteiger partial charge in [-0.15, -0.1) is 11.3 Å². The second-order valence-corrected chi connectivity index (χ2v) is 21.9. The number of hydrogen-bond donors (Lipinski definition) is 2. The third-order valence-electron chi connectivity index (χ3n) is 14.2. The second kappa shape index (κ2) is 14.4. The fourth-order valence-electron chi connectivity index (χ4n) is 11.0. The lowest BCUT2D eigenvalue weighted by atomic mass is 9.80. The molecule has 6 aromatic rings. The van der Waals surface area contributed by atoms with Gasteiger partial charge in [0.25, 0.3) is 5.82 Å². The van der Waals surface area contributed by atoms with Crippen LogP contribution >= 0.6 is 11.3 Å². The van der Waals surface area contributed by atoms with Crippen LogP contribution in [-0.2, 0) is 22.9 Å². The van der Waals surface area contributed by atoms with Crippen LogP contribution in [-0.4, -0.2) is 64.8 Å². The minimum atomic E-state index is -0.617. The predicted molar refractivity (Wildman–Crippen MR) is 242 cm³/mol. The van der Waals surface area contributed by atoms with Crippen molar-refractivity contribution in [3.63, 3.8) is 0 Å². The molecule has 0 radical (unpaired) electrons. The zero-order valence-corrected chi connectivity index (χ0v) is 38.8. The number of halogens is 1. The number of ether oxygens (including phenoxy) is 3. The number of aryl methyl sites for hydroxylation is 2. The first-order valence-corrected chi connectivity index (χ1v) is 23.7. The van der Waals surface area contributed by atoms with E-state index >= 15 is 4.39 Å². The number of nitrogens with one attached hydrogen (secondary N) is 2. The first-order valence-electron chi connectivity index (χ1n) is 22.9. The number of likely N-dealkylation sites (tertiary alicyclic amines) is 2. The number of aromatic nitrogens is 5. The van der Waals surface area contributed by atoms with Gasteiger partial charge in [0.15, 0.2) is 5.69 Å². The fraction of sp³-hybridized carbons (Fsp3) is 0.480. The molecule has 5 aliphatic rings. The van der Waals surface area contributed by atoms with Gasteiger partial charge in [-0.3, -0.25) is 14.4 Å². The molecule has 2 N–H and O–H groups in total. The largest absolute Gasteiger partial charge is 0.464 e. The van der Waals surface area contributed by atoms with Gasteiger partial charge in [-0.2, -0.15) is 0 Å². The lowest BCUT2D eigenvalue weighted by Crippen LogP contribution is -2.47.